The summed E-state index contributed by atoms with van der Waals surface area (Å²) >= 11 is 3.29. The third-order valence-electron chi connectivity index (χ3n) is 1.83. The highest BCUT2D eigenvalue weighted by molar-refractivity contribution is 9.09. The number of aromatic nitrogens is 3. The number of fused-ring (bicyclic) bond motifs is 1. The first kappa shape index (κ1) is 9.21. The van der Waals surface area contributed by atoms with Gasteiger partial charge in [0.2, 0.25) is 0 Å². The number of hydrogen-bond acceptors (Lipinski definition) is 2. The highest BCUT2D eigenvalue weighted by atomic mass is 79.9. The van der Waals surface area contributed by atoms with Crippen molar-refractivity contribution in [3.63, 3.8) is 0 Å². The minimum Gasteiger partial charge on any atom is -0.310 e. The lowest BCUT2D eigenvalue weighted by atomic mass is 10.3. The Labute approximate surface area is 88.4 Å². The van der Waals surface area contributed by atoms with Gasteiger partial charge in [-0.15, -0.1) is 0 Å². The monoisotopic (exact) mass is 253 g/mol. The zero-order chi connectivity index (χ0) is 9.97. The molecule has 0 fully saturated rings. The van der Waals surface area contributed by atoms with Crippen LogP contribution < -0.4 is 5.56 Å². The third-order valence-corrected chi connectivity index (χ3v) is 2.21. The van der Waals surface area contributed by atoms with E-state index in [1.54, 1.807) is 10.6 Å². The normalized spacial score (nSPS) is 11.5. The summed E-state index contributed by atoms with van der Waals surface area (Å²) in [5.41, 5.74) is 1.40. The van der Waals surface area contributed by atoms with Gasteiger partial charge >= 0.3 is 0 Å². The maximum atomic E-state index is 11.3. The molecule has 2 heterocycles. The molecular formula is C9H8BrN3O. The van der Waals surface area contributed by atoms with Gasteiger partial charge < -0.3 is 4.98 Å². The zero-order valence-electron chi connectivity index (χ0n) is 7.27. The Balaban J connectivity index is 2.57. The first-order chi connectivity index (χ1) is 6.81. The number of rotatable bonds is 2. The lowest BCUT2D eigenvalue weighted by Crippen LogP contribution is -2.09. The predicted molar refractivity (Wildman–Crippen MR) is 58.6 cm³/mol. The van der Waals surface area contributed by atoms with E-state index in [2.05, 4.69) is 26.0 Å². The fraction of sp³-hybridized carbons (Fsp3) is 0.111. The van der Waals surface area contributed by atoms with Gasteiger partial charge in [0.25, 0.3) is 5.56 Å². The van der Waals surface area contributed by atoms with Crippen LogP contribution in [0, 0.1) is 0 Å². The van der Waals surface area contributed by atoms with E-state index < -0.39 is 0 Å². The number of aromatic amines is 1. The second kappa shape index (κ2) is 3.79. The topological polar surface area (TPSA) is 50.2 Å². The number of alkyl halides is 1. The van der Waals surface area contributed by atoms with Crippen molar-refractivity contribution in [1.29, 1.82) is 0 Å². The molecule has 0 saturated heterocycles. The molecule has 1 N–H and O–H groups in total. The molecule has 0 aromatic carbocycles. The minimum absolute atomic E-state index is 0.126. The van der Waals surface area contributed by atoms with E-state index in [1.165, 1.54) is 6.33 Å². The van der Waals surface area contributed by atoms with Crippen LogP contribution in [0.4, 0.5) is 0 Å². The summed E-state index contributed by atoms with van der Waals surface area (Å²) in [5, 5.41) is 4.78. The molecule has 2 aromatic heterocycles. The number of H-pyrrole nitrogens is 1. The molecule has 0 aliphatic heterocycles. The first-order valence-corrected chi connectivity index (χ1v) is 5.22. The molecular weight excluding hydrogens is 246 g/mol. The molecule has 0 aliphatic carbocycles. The van der Waals surface area contributed by atoms with Crippen LogP contribution in [0.2, 0.25) is 0 Å². The van der Waals surface area contributed by atoms with E-state index >= 15 is 0 Å². The van der Waals surface area contributed by atoms with Crippen LogP contribution in [0.3, 0.4) is 0 Å². The number of nitrogens with one attached hydrogen (secondary N) is 1. The van der Waals surface area contributed by atoms with Gasteiger partial charge in [-0.05, 0) is 11.6 Å². The molecule has 2 rings (SSSR count). The van der Waals surface area contributed by atoms with Crippen molar-refractivity contribution in [3.8, 4) is 0 Å². The fourth-order valence-corrected chi connectivity index (χ4v) is 1.42. The Morgan fingerprint density at radius 1 is 1.64 bits per heavy atom. The lowest BCUT2D eigenvalue weighted by molar-refractivity contribution is 0.888. The Bertz CT molecular complexity index is 526. The van der Waals surface area contributed by atoms with Gasteiger partial charge in [-0.25, -0.2) is 4.52 Å². The van der Waals surface area contributed by atoms with Crippen molar-refractivity contribution in [3.05, 3.63) is 40.6 Å². The summed E-state index contributed by atoms with van der Waals surface area (Å²) in [7, 11) is 0. The van der Waals surface area contributed by atoms with Crippen molar-refractivity contribution in [2.24, 2.45) is 0 Å². The Kier molecular flexibility index (Phi) is 2.49. The van der Waals surface area contributed by atoms with Gasteiger partial charge in [-0.1, -0.05) is 28.1 Å². The quantitative estimate of drug-likeness (QED) is 0.824. The highest BCUT2D eigenvalue weighted by Gasteiger charge is 2.00. The second-order valence-electron chi connectivity index (χ2n) is 2.78. The van der Waals surface area contributed by atoms with Gasteiger partial charge in [0, 0.05) is 11.5 Å². The molecule has 0 aliphatic rings. The van der Waals surface area contributed by atoms with Crippen LogP contribution >= 0.6 is 15.9 Å². The number of hydrogen-bond donors (Lipinski definition) is 1. The Morgan fingerprint density at radius 3 is 3.21 bits per heavy atom. The van der Waals surface area contributed by atoms with E-state index in [9.17, 15) is 4.79 Å². The maximum Gasteiger partial charge on any atom is 0.275 e. The van der Waals surface area contributed by atoms with Gasteiger partial charge in [-0.3, -0.25) is 4.79 Å². The second-order valence-corrected chi connectivity index (χ2v) is 3.43. The van der Waals surface area contributed by atoms with Crippen LogP contribution in [-0.4, -0.2) is 19.9 Å². The summed E-state index contributed by atoms with van der Waals surface area (Å²) in [6, 6.07) is 1.80. The van der Waals surface area contributed by atoms with Crippen molar-refractivity contribution >= 4 is 27.5 Å². The van der Waals surface area contributed by atoms with E-state index in [1.807, 2.05) is 18.3 Å². The van der Waals surface area contributed by atoms with Crippen molar-refractivity contribution < 1.29 is 0 Å². The third kappa shape index (κ3) is 1.63. The molecule has 0 unspecified atom stereocenters. The number of halogens is 1. The van der Waals surface area contributed by atoms with E-state index in [0.717, 1.165) is 10.9 Å². The van der Waals surface area contributed by atoms with E-state index in [0.29, 0.717) is 5.52 Å². The molecule has 14 heavy (non-hydrogen) atoms. The zero-order valence-corrected chi connectivity index (χ0v) is 8.86. The SMILES string of the molecule is O=c1[nH]cnn2cc(C=CCBr)cc12. The van der Waals surface area contributed by atoms with Crippen molar-refractivity contribution in [2.75, 3.05) is 5.33 Å². The van der Waals surface area contributed by atoms with Crippen LogP contribution in [0.15, 0.2) is 29.5 Å². The number of nitrogens with zero attached hydrogens (tertiary/aromatic N) is 2. The minimum atomic E-state index is -0.126. The van der Waals surface area contributed by atoms with Crippen LogP contribution in [-0.2, 0) is 0 Å². The van der Waals surface area contributed by atoms with E-state index in [4.69, 9.17) is 0 Å². The molecule has 0 atom stereocenters. The van der Waals surface area contributed by atoms with Crippen LogP contribution in [0.25, 0.3) is 11.6 Å². The van der Waals surface area contributed by atoms with Crippen molar-refractivity contribution in [1.82, 2.24) is 14.6 Å². The molecule has 72 valence electrons. The maximum absolute atomic E-state index is 11.3. The summed E-state index contributed by atoms with van der Waals surface area (Å²) in [6.07, 6.45) is 7.09. The van der Waals surface area contributed by atoms with Gasteiger partial charge in [0.15, 0.2) is 0 Å². The standard InChI is InChI=1S/C9H8BrN3O/c10-3-1-2-7-4-8-9(14)11-6-12-13(8)5-7/h1-2,4-6H,3H2,(H,11,12,14). The van der Waals surface area contributed by atoms with Gasteiger partial charge in [-0.2, -0.15) is 5.10 Å². The molecule has 0 amide bonds. The molecule has 2 aromatic rings. The lowest BCUT2D eigenvalue weighted by Gasteiger charge is -1.87. The molecule has 0 spiro atoms. The van der Waals surface area contributed by atoms with Crippen LogP contribution in [0.5, 0.6) is 0 Å². The molecule has 4 nitrogen and oxygen atoms in total. The summed E-state index contributed by atoms with van der Waals surface area (Å²) < 4.78 is 1.56. The molecule has 5 heteroatoms. The predicted octanol–water partition coefficient (Wildman–Crippen LogP) is 1.43. The average molecular weight is 254 g/mol. The summed E-state index contributed by atoms with van der Waals surface area (Å²) in [4.78, 5) is 13.8. The largest absolute Gasteiger partial charge is 0.310 e. The molecule has 0 bridgehead atoms. The van der Waals surface area contributed by atoms with Gasteiger partial charge in [0.05, 0.1) is 0 Å². The first-order valence-electron chi connectivity index (χ1n) is 4.10. The van der Waals surface area contributed by atoms with E-state index in [-0.39, 0.29) is 5.56 Å². The Morgan fingerprint density at radius 2 is 2.50 bits per heavy atom. The highest BCUT2D eigenvalue weighted by Crippen LogP contribution is 2.06. The smallest absolute Gasteiger partial charge is 0.275 e. The average Bonchev–Trinajstić information content (AvgIpc) is 2.59. The summed E-state index contributed by atoms with van der Waals surface area (Å²) in [5.74, 6) is 0. The molecule has 0 saturated carbocycles. The Hall–Kier alpha value is -1.36. The summed E-state index contributed by atoms with van der Waals surface area (Å²) in [6.45, 7) is 0. The fourth-order valence-electron chi connectivity index (χ4n) is 1.23. The molecule has 0 radical (unpaired) electrons. The van der Waals surface area contributed by atoms with Crippen LogP contribution in [0.1, 0.15) is 5.56 Å². The van der Waals surface area contributed by atoms with Gasteiger partial charge in [0.1, 0.15) is 11.8 Å². The number of allylic oxidation sites excluding steroid dienone is 1. The van der Waals surface area contributed by atoms with Crippen molar-refractivity contribution in [2.45, 2.75) is 0 Å².